The van der Waals surface area contributed by atoms with Crippen LogP contribution in [0.3, 0.4) is 0 Å². The minimum atomic E-state index is -0.791. The molecule has 0 aliphatic heterocycles. The highest BCUT2D eigenvalue weighted by atomic mass is 79.9. The summed E-state index contributed by atoms with van der Waals surface area (Å²) in [7, 11) is 0. The predicted octanol–water partition coefficient (Wildman–Crippen LogP) is 5.17. The molecule has 8 heteroatoms. The minimum Gasteiger partial charge on any atom is -0.434 e. The summed E-state index contributed by atoms with van der Waals surface area (Å²) in [5.74, 6) is -0.171. The molecule has 0 saturated carbocycles. The zero-order chi connectivity index (χ0) is 22.9. The Labute approximate surface area is 193 Å². The number of rotatable bonds is 7. The lowest BCUT2D eigenvalue weighted by Crippen LogP contribution is -2.22. The van der Waals surface area contributed by atoms with Crippen molar-refractivity contribution in [1.29, 1.82) is 0 Å². The number of hydrogen-bond acceptors (Lipinski definition) is 5. The summed E-state index contributed by atoms with van der Waals surface area (Å²) in [5.41, 5.74) is 2.52. The van der Waals surface area contributed by atoms with Gasteiger partial charge < -0.3 is 20.1 Å². The van der Waals surface area contributed by atoms with Gasteiger partial charge in [0.15, 0.2) is 0 Å². The van der Waals surface area contributed by atoms with E-state index in [1.807, 2.05) is 24.3 Å². The monoisotopic (exact) mass is 496 g/mol. The third-order valence-corrected chi connectivity index (χ3v) is 4.88. The van der Waals surface area contributed by atoms with Gasteiger partial charge in [-0.3, -0.25) is 9.59 Å². The van der Waals surface area contributed by atoms with Crippen LogP contribution in [-0.4, -0.2) is 24.6 Å². The second-order valence-corrected chi connectivity index (χ2v) is 7.57. The van der Waals surface area contributed by atoms with Gasteiger partial charge in [-0.15, -0.1) is 0 Å². The van der Waals surface area contributed by atoms with E-state index in [1.165, 1.54) is 12.1 Å². The first-order valence-electron chi connectivity index (χ1n) is 9.83. The number of hydrogen-bond donors (Lipinski definition) is 2. The Balaban J connectivity index is 1.50. The lowest BCUT2D eigenvalue weighted by Gasteiger charge is -2.09. The molecule has 7 nitrogen and oxygen atoms in total. The Kier molecular flexibility index (Phi) is 7.99. The van der Waals surface area contributed by atoms with Gasteiger partial charge in [-0.2, -0.15) is 0 Å². The smallest absolute Gasteiger partial charge is 0.434 e. The van der Waals surface area contributed by atoms with Crippen LogP contribution in [0.1, 0.15) is 33.2 Å². The SMILES string of the molecule is CCOC(=O)Oc1ccc(C(=O)NCc2ccc(NC(=O)c3ccc(Br)cc3)cc2)cc1. The van der Waals surface area contributed by atoms with Crippen molar-refractivity contribution >= 4 is 39.6 Å². The van der Waals surface area contributed by atoms with E-state index in [0.29, 0.717) is 29.1 Å². The van der Waals surface area contributed by atoms with Crippen molar-refractivity contribution in [1.82, 2.24) is 5.32 Å². The van der Waals surface area contributed by atoms with E-state index in [4.69, 9.17) is 9.47 Å². The van der Waals surface area contributed by atoms with Crippen molar-refractivity contribution in [2.75, 3.05) is 11.9 Å². The van der Waals surface area contributed by atoms with Gasteiger partial charge in [0.05, 0.1) is 6.61 Å². The van der Waals surface area contributed by atoms with E-state index >= 15 is 0 Å². The van der Waals surface area contributed by atoms with E-state index < -0.39 is 6.16 Å². The number of benzene rings is 3. The van der Waals surface area contributed by atoms with Crippen LogP contribution in [0.2, 0.25) is 0 Å². The van der Waals surface area contributed by atoms with Crippen molar-refractivity contribution < 1.29 is 23.9 Å². The number of halogens is 1. The van der Waals surface area contributed by atoms with Crippen molar-refractivity contribution in [2.24, 2.45) is 0 Å². The maximum Gasteiger partial charge on any atom is 0.513 e. The highest BCUT2D eigenvalue weighted by Gasteiger charge is 2.09. The lowest BCUT2D eigenvalue weighted by atomic mass is 10.1. The standard InChI is InChI=1S/C24H21BrN2O5/c1-2-31-24(30)32-21-13-7-17(8-14-21)22(28)26-15-16-3-11-20(12-4-16)27-23(29)18-5-9-19(25)10-6-18/h3-14H,2,15H2,1H3,(H,26,28)(H,27,29). The number of ether oxygens (including phenoxy) is 2. The molecule has 3 aromatic carbocycles. The number of amides is 2. The molecule has 3 rings (SSSR count). The minimum absolute atomic E-state index is 0.200. The van der Waals surface area contributed by atoms with Crippen molar-refractivity contribution in [3.63, 3.8) is 0 Å². The summed E-state index contributed by atoms with van der Waals surface area (Å²) < 4.78 is 10.6. The molecular formula is C24H21BrN2O5. The van der Waals surface area contributed by atoms with Gasteiger partial charge in [0.2, 0.25) is 0 Å². The maximum atomic E-state index is 12.3. The first-order chi connectivity index (χ1) is 15.4. The fourth-order valence-corrected chi connectivity index (χ4v) is 2.98. The molecule has 0 atom stereocenters. The van der Waals surface area contributed by atoms with E-state index in [0.717, 1.165) is 10.0 Å². The molecule has 0 heterocycles. The zero-order valence-electron chi connectivity index (χ0n) is 17.3. The highest BCUT2D eigenvalue weighted by molar-refractivity contribution is 9.10. The molecule has 3 aromatic rings. The quantitative estimate of drug-likeness (QED) is 0.347. The van der Waals surface area contributed by atoms with E-state index in [-0.39, 0.29) is 18.4 Å². The predicted molar refractivity (Wildman–Crippen MR) is 124 cm³/mol. The molecule has 0 aliphatic carbocycles. The Morgan fingerprint density at radius 3 is 2.03 bits per heavy atom. The number of carbonyl (C=O) groups is 3. The van der Waals surface area contributed by atoms with Crippen molar-refractivity contribution in [3.05, 3.63) is 94.0 Å². The molecule has 0 bridgehead atoms. The summed E-state index contributed by atoms with van der Waals surface area (Å²) in [6.45, 7) is 2.22. The first kappa shape index (κ1) is 23.0. The molecule has 0 aromatic heterocycles. The van der Waals surface area contributed by atoms with Crippen LogP contribution in [0.15, 0.2) is 77.3 Å². The van der Waals surface area contributed by atoms with Gasteiger partial charge in [0.25, 0.3) is 11.8 Å². The molecule has 0 radical (unpaired) electrons. The normalized spacial score (nSPS) is 10.2. The van der Waals surface area contributed by atoms with Crippen LogP contribution in [0.5, 0.6) is 5.75 Å². The molecule has 32 heavy (non-hydrogen) atoms. The van der Waals surface area contributed by atoms with Gasteiger partial charge in [-0.25, -0.2) is 4.79 Å². The number of nitrogens with one attached hydrogen (secondary N) is 2. The van der Waals surface area contributed by atoms with Crippen LogP contribution < -0.4 is 15.4 Å². The molecule has 0 aliphatic rings. The van der Waals surface area contributed by atoms with Crippen LogP contribution in [0.4, 0.5) is 10.5 Å². The van der Waals surface area contributed by atoms with Gasteiger partial charge >= 0.3 is 6.16 Å². The fourth-order valence-electron chi connectivity index (χ4n) is 2.71. The molecule has 164 valence electrons. The fraction of sp³-hybridized carbons (Fsp3) is 0.125. The largest absolute Gasteiger partial charge is 0.513 e. The van der Waals surface area contributed by atoms with E-state index in [9.17, 15) is 14.4 Å². The first-order valence-corrected chi connectivity index (χ1v) is 10.6. The van der Waals surface area contributed by atoms with Crippen molar-refractivity contribution in [2.45, 2.75) is 13.5 Å². The average molecular weight is 497 g/mol. The topological polar surface area (TPSA) is 93.7 Å². The van der Waals surface area contributed by atoms with Gasteiger partial charge in [0.1, 0.15) is 5.75 Å². The van der Waals surface area contributed by atoms with Crippen LogP contribution in [0, 0.1) is 0 Å². The second kappa shape index (κ2) is 11.1. The maximum absolute atomic E-state index is 12.3. The molecule has 0 spiro atoms. The summed E-state index contributed by atoms with van der Waals surface area (Å²) in [4.78, 5) is 35.9. The third-order valence-electron chi connectivity index (χ3n) is 4.35. The Bertz CT molecular complexity index is 1080. The van der Waals surface area contributed by atoms with Crippen LogP contribution >= 0.6 is 15.9 Å². The Morgan fingerprint density at radius 2 is 1.41 bits per heavy atom. The van der Waals surface area contributed by atoms with E-state index in [2.05, 4.69) is 26.6 Å². The summed E-state index contributed by atoms with van der Waals surface area (Å²) in [6.07, 6.45) is -0.791. The summed E-state index contributed by atoms with van der Waals surface area (Å²) in [5, 5.41) is 5.66. The van der Waals surface area contributed by atoms with E-state index in [1.54, 1.807) is 43.3 Å². The summed E-state index contributed by atoms with van der Waals surface area (Å²) >= 11 is 3.34. The molecule has 0 unspecified atom stereocenters. The molecule has 2 N–H and O–H groups in total. The molecular weight excluding hydrogens is 476 g/mol. The van der Waals surface area contributed by atoms with Gasteiger partial charge in [-0.05, 0) is 73.2 Å². The van der Waals surface area contributed by atoms with Gasteiger partial charge in [0, 0.05) is 27.8 Å². The van der Waals surface area contributed by atoms with Gasteiger partial charge in [-0.1, -0.05) is 28.1 Å². The Morgan fingerprint density at radius 1 is 0.812 bits per heavy atom. The van der Waals surface area contributed by atoms with Crippen LogP contribution in [0.25, 0.3) is 0 Å². The molecule has 0 saturated heterocycles. The average Bonchev–Trinajstić information content (AvgIpc) is 2.79. The molecule has 2 amide bonds. The molecule has 0 fully saturated rings. The van der Waals surface area contributed by atoms with Crippen molar-refractivity contribution in [3.8, 4) is 5.75 Å². The summed E-state index contributed by atoms with van der Waals surface area (Å²) in [6, 6.07) is 20.5. The third kappa shape index (κ3) is 6.68. The van der Waals surface area contributed by atoms with Crippen LogP contribution in [-0.2, 0) is 11.3 Å². The number of carbonyl (C=O) groups excluding carboxylic acids is 3. The second-order valence-electron chi connectivity index (χ2n) is 6.65. The lowest BCUT2D eigenvalue weighted by molar-refractivity contribution is 0.0950. The Hall–Kier alpha value is -3.65. The zero-order valence-corrected chi connectivity index (χ0v) is 18.8. The number of anilines is 1. The highest BCUT2D eigenvalue weighted by Crippen LogP contribution is 2.15.